The summed E-state index contributed by atoms with van der Waals surface area (Å²) >= 11 is 6.32. The number of rotatable bonds is 4. The van der Waals surface area contributed by atoms with Crippen molar-refractivity contribution in [3.05, 3.63) is 70.7 Å². The predicted molar refractivity (Wildman–Crippen MR) is 134 cm³/mol. The van der Waals surface area contributed by atoms with Crippen molar-refractivity contribution in [2.45, 2.75) is 31.3 Å². The van der Waals surface area contributed by atoms with Gasteiger partial charge >= 0.3 is 0 Å². The average Bonchev–Trinajstić information content (AvgIpc) is 3.44. The van der Waals surface area contributed by atoms with Crippen LogP contribution < -0.4 is 21.3 Å². The molecule has 0 aromatic heterocycles. The maximum absolute atomic E-state index is 14.1. The zero-order chi connectivity index (χ0) is 25.4. The lowest BCUT2D eigenvalue weighted by molar-refractivity contribution is -0.733. The topological polar surface area (TPSA) is 126 Å². The highest BCUT2D eigenvalue weighted by Gasteiger charge is 2.74. The number of anilines is 2. The van der Waals surface area contributed by atoms with Crippen molar-refractivity contribution in [2.24, 2.45) is 17.6 Å². The predicted octanol–water partition coefficient (Wildman–Crippen LogP) is 1.97. The third-order valence-corrected chi connectivity index (χ3v) is 8.36. The van der Waals surface area contributed by atoms with Gasteiger partial charge in [0.25, 0.3) is 5.91 Å². The van der Waals surface area contributed by atoms with E-state index in [0.29, 0.717) is 27.5 Å². The quantitative estimate of drug-likeness (QED) is 0.470. The van der Waals surface area contributed by atoms with E-state index in [1.165, 1.54) is 4.90 Å². The number of nitrogens with one attached hydrogen (secondary N) is 1. The van der Waals surface area contributed by atoms with Crippen LogP contribution in [0, 0.1) is 18.8 Å². The molecule has 0 unspecified atom stereocenters. The lowest BCUT2D eigenvalue weighted by Gasteiger charge is -2.26. The van der Waals surface area contributed by atoms with Crippen molar-refractivity contribution in [3.63, 3.8) is 0 Å². The van der Waals surface area contributed by atoms with Crippen molar-refractivity contribution in [3.8, 4) is 0 Å². The molecule has 1 spiro atoms. The van der Waals surface area contributed by atoms with E-state index in [9.17, 15) is 19.2 Å². The van der Waals surface area contributed by atoms with Crippen LogP contribution in [0.25, 0.3) is 10.8 Å². The van der Waals surface area contributed by atoms with Crippen molar-refractivity contribution in [1.29, 1.82) is 0 Å². The first kappa shape index (κ1) is 22.7. The molecule has 0 saturated carbocycles. The Hall–Kier alpha value is -3.75. The molecule has 0 aliphatic carbocycles. The van der Waals surface area contributed by atoms with Gasteiger partial charge in [-0.1, -0.05) is 41.9 Å². The zero-order valence-electron chi connectivity index (χ0n) is 19.5. The molecule has 2 saturated heterocycles. The highest BCUT2D eigenvalue weighted by Crippen LogP contribution is 2.51. The number of amides is 4. The molecule has 9 heteroatoms. The Morgan fingerprint density at radius 1 is 1.08 bits per heavy atom. The van der Waals surface area contributed by atoms with E-state index in [1.807, 2.05) is 36.4 Å². The number of primary amides is 1. The van der Waals surface area contributed by atoms with Gasteiger partial charge in [0.15, 0.2) is 0 Å². The van der Waals surface area contributed by atoms with Gasteiger partial charge in [-0.3, -0.25) is 19.2 Å². The first-order valence-electron chi connectivity index (χ1n) is 11.9. The fraction of sp³-hybridized carbons (Fsp3) is 0.259. The van der Waals surface area contributed by atoms with Gasteiger partial charge in [0.05, 0.1) is 11.4 Å². The Kier molecular flexibility index (Phi) is 4.97. The number of imide groups is 1. The SMILES string of the molecule is Cc1c(Cl)ccc2c1NC(=O)[C@]21[NH2+][C@@H](CCC(N)=O)[C@H]2C(=O)N(c3ccc4ccccc4c3)C(=O)[C@H]21. The molecule has 0 radical (unpaired) electrons. The summed E-state index contributed by atoms with van der Waals surface area (Å²) in [4.78, 5) is 54.4. The molecule has 3 aliphatic heterocycles. The first-order chi connectivity index (χ1) is 17.2. The molecule has 36 heavy (non-hydrogen) atoms. The summed E-state index contributed by atoms with van der Waals surface area (Å²) < 4.78 is 0. The summed E-state index contributed by atoms with van der Waals surface area (Å²) in [5.74, 6) is -3.36. The van der Waals surface area contributed by atoms with Crippen LogP contribution in [0.1, 0.15) is 24.0 Å². The first-order valence-corrected chi connectivity index (χ1v) is 12.2. The number of quaternary nitrogens is 1. The summed E-state index contributed by atoms with van der Waals surface area (Å²) in [6, 6.07) is 16.1. The molecule has 3 aromatic rings. The number of benzene rings is 3. The monoisotopic (exact) mass is 503 g/mol. The molecule has 0 bridgehead atoms. The van der Waals surface area contributed by atoms with E-state index in [2.05, 4.69) is 5.32 Å². The fourth-order valence-electron chi connectivity index (χ4n) is 6.29. The van der Waals surface area contributed by atoms with Crippen molar-refractivity contribution in [1.82, 2.24) is 0 Å². The van der Waals surface area contributed by atoms with Crippen LogP contribution in [-0.4, -0.2) is 29.7 Å². The van der Waals surface area contributed by atoms with E-state index >= 15 is 0 Å². The molecule has 5 N–H and O–H groups in total. The van der Waals surface area contributed by atoms with Crippen molar-refractivity contribution >= 4 is 57.4 Å². The van der Waals surface area contributed by atoms with Crippen LogP contribution in [0.2, 0.25) is 5.02 Å². The third-order valence-electron chi connectivity index (χ3n) is 7.95. The third kappa shape index (κ3) is 2.98. The van der Waals surface area contributed by atoms with E-state index in [0.717, 1.165) is 10.8 Å². The highest BCUT2D eigenvalue weighted by molar-refractivity contribution is 6.32. The summed E-state index contributed by atoms with van der Waals surface area (Å²) in [6.07, 6.45) is 0.323. The molecule has 3 heterocycles. The normalized spacial score (nSPS) is 26.6. The Labute approximate surface area is 211 Å². The second-order valence-electron chi connectivity index (χ2n) is 9.80. The van der Waals surface area contributed by atoms with Crippen molar-refractivity contribution in [2.75, 3.05) is 10.2 Å². The Morgan fingerprint density at radius 2 is 1.83 bits per heavy atom. The molecular weight excluding hydrogens is 480 g/mol. The summed E-state index contributed by atoms with van der Waals surface area (Å²) in [6.45, 7) is 1.81. The largest absolute Gasteiger partial charge is 0.370 e. The minimum atomic E-state index is -1.34. The van der Waals surface area contributed by atoms with E-state index < -0.39 is 35.2 Å². The van der Waals surface area contributed by atoms with Gasteiger partial charge in [-0.2, -0.15) is 0 Å². The number of carbonyl (C=O) groups is 4. The van der Waals surface area contributed by atoms with Gasteiger partial charge in [0, 0.05) is 23.4 Å². The van der Waals surface area contributed by atoms with Crippen LogP contribution >= 0.6 is 11.6 Å². The van der Waals surface area contributed by atoms with Gasteiger partial charge in [0.1, 0.15) is 17.9 Å². The molecule has 3 aliphatic rings. The minimum absolute atomic E-state index is 0.0477. The number of nitrogens with two attached hydrogens (primary N) is 2. The van der Waals surface area contributed by atoms with Crippen LogP contribution in [-0.2, 0) is 24.7 Å². The molecule has 2 fully saturated rings. The standard InChI is InChI=1S/C27H23ClN4O4/c1-13-18(28)9-8-17-23(13)30-26(36)27(17)22-21(19(31-27)10-11-20(29)33)24(34)32(25(22)35)16-7-6-14-4-2-3-5-15(14)12-16/h2-9,12,19,21-22,31H,10-11H2,1H3,(H2,29,33)(H,30,36)/p+1/t19-,21+,22-,27-/m0/s1. The maximum atomic E-state index is 14.1. The Morgan fingerprint density at radius 3 is 2.58 bits per heavy atom. The summed E-state index contributed by atoms with van der Waals surface area (Å²) in [7, 11) is 0. The number of hydrogen-bond donors (Lipinski definition) is 3. The summed E-state index contributed by atoms with van der Waals surface area (Å²) in [5, 5.41) is 7.10. The number of hydrogen-bond acceptors (Lipinski definition) is 4. The van der Waals surface area contributed by atoms with Crippen LogP contribution in [0.4, 0.5) is 11.4 Å². The Balaban J connectivity index is 1.50. The van der Waals surface area contributed by atoms with Gasteiger partial charge in [0.2, 0.25) is 23.3 Å². The summed E-state index contributed by atoms with van der Waals surface area (Å²) in [5.41, 5.74) is 6.45. The molecule has 3 aromatic carbocycles. The van der Waals surface area contributed by atoms with Gasteiger partial charge in [-0.05, 0) is 47.5 Å². The van der Waals surface area contributed by atoms with Crippen molar-refractivity contribution < 1.29 is 24.5 Å². The number of halogens is 1. The van der Waals surface area contributed by atoms with E-state index in [-0.39, 0.29) is 24.7 Å². The van der Waals surface area contributed by atoms with Gasteiger partial charge in [-0.25, -0.2) is 4.90 Å². The molecule has 4 amide bonds. The number of carbonyl (C=O) groups excluding carboxylic acids is 4. The van der Waals surface area contributed by atoms with Crippen LogP contribution in [0.3, 0.4) is 0 Å². The smallest absolute Gasteiger partial charge is 0.291 e. The number of nitrogens with zero attached hydrogens (tertiary/aromatic N) is 1. The molecule has 8 nitrogen and oxygen atoms in total. The minimum Gasteiger partial charge on any atom is -0.370 e. The molecule has 6 rings (SSSR count). The average molecular weight is 504 g/mol. The lowest BCUT2D eigenvalue weighted by atomic mass is 9.76. The highest BCUT2D eigenvalue weighted by atomic mass is 35.5. The van der Waals surface area contributed by atoms with E-state index in [4.69, 9.17) is 17.3 Å². The van der Waals surface area contributed by atoms with Gasteiger partial charge in [-0.15, -0.1) is 0 Å². The number of fused-ring (bicyclic) bond motifs is 5. The fourth-order valence-corrected chi connectivity index (χ4v) is 6.45. The maximum Gasteiger partial charge on any atom is 0.291 e. The molecule has 182 valence electrons. The van der Waals surface area contributed by atoms with E-state index in [1.54, 1.807) is 30.4 Å². The lowest BCUT2D eigenvalue weighted by Crippen LogP contribution is -2.99. The second-order valence-corrected chi connectivity index (χ2v) is 10.2. The van der Waals surface area contributed by atoms with Crippen LogP contribution in [0.15, 0.2) is 54.6 Å². The second kappa shape index (κ2) is 7.88. The zero-order valence-corrected chi connectivity index (χ0v) is 20.2. The van der Waals surface area contributed by atoms with Gasteiger partial charge < -0.3 is 16.4 Å². The molecule has 4 atom stereocenters. The van der Waals surface area contributed by atoms with Crippen LogP contribution in [0.5, 0.6) is 0 Å². The molecular formula is C27H24ClN4O4+. The Bertz CT molecular complexity index is 1500.